The minimum Gasteiger partial charge on any atom is -0.318 e. The van der Waals surface area contributed by atoms with Crippen LogP contribution in [0.4, 0.5) is 5.69 Å². The Kier molecular flexibility index (Phi) is 2.91. The first-order valence-corrected chi connectivity index (χ1v) is 8.05. The second-order valence-corrected chi connectivity index (χ2v) is 6.86. The number of nitrogens with one attached hydrogen (secondary N) is 1. The predicted octanol–water partition coefficient (Wildman–Crippen LogP) is 1.89. The first kappa shape index (κ1) is 13.5. The van der Waals surface area contributed by atoms with Crippen LogP contribution < -0.4 is 5.32 Å². The molecule has 1 aliphatic heterocycles. The molecule has 0 aromatic heterocycles. The second kappa shape index (κ2) is 4.53. The molecule has 0 atom stereocenters. The Morgan fingerprint density at radius 1 is 0.905 bits per heavy atom. The van der Waals surface area contributed by atoms with Gasteiger partial charge in [0.15, 0.2) is 9.84 Å². The van der Waals surface area contributed by atoms with Gasteiger partial charge in [0.2, 0.25) is 0 Å². The van der Waals surface area contributed by atoms with Gasteiger partial charge >= 0.3 is 0 Å². The van der Waals surface area contributed by atoms with E-state index in [-0.39, 0.29) is 4.90 Å². The van der Waals surface area contributed by atoms with E-state index in [4.69, 9.17) is 0 Å². The molecule has 1 amide bonds. The summed E-state index contributed by atoms with van der Waals surface area (Å²) in [7, 11) is -3.24. The van der Waals surface area contributed by atoms with Gasteiger partial charge < -0.3 is 5.32 Å². The minimum atomic E-state index is -3.24. The minimum absolute atomic E-state index is 0.236. The Balaban J connectivity index is 2.03. The maximum absolute atomic E-state index is 11.7. The summed E-state index contributed by atoms with van der Waals surface area (Å²) >= 11 is 0. The molecule has 21 heavy (non-hydrogen) atoms. The lowest BCUT2D eigenvalue weighted by Crippen LogP contribution is -2.12. The highest BCUT2D eigenvalue weighted by molar-refractivity contribution is 7.90. The number of benzene rings is 2. The van der Waals surface area contributed by atoms with Crippen molar-refractivity contribution in [2.45, 2.75) is 4.90 Å². The van der Waals surface area contributed by atoms with E-state index in [1.165, 1.54) is 12.1 Å². The zero-order chi connectivity index (χ0) is 15.2. The third kappa shape index (κ3) is 2.34. The van der Waals surface area contributed by atoms with Crippen LogP contribution in [0.1, 0.15) is 10.4 Å². The first-order valence-electron chi connectivity index (χ1n) is 6.16. The van der Waals surface area contributed by atoms with Crippen LogP contribution in [0, 0.1) is 0 Å². The molecule has 0 aliphatic carbocycles. The Bertz CT molecular complexity index is 867. The summed E-state index contributed by atoms with van der Waals surface area (Å²) in [6.07, 6.45) is 1.15. The molecule has 0 saturated carbocycles. The van der Waals surface area contributed by atoms with Crippen LogP contribution in [0.2, 0.25) is 0 Å². The number of ketones is 1. The fraction of sp³-hybridized carbons (Fsp3) is 0.0667. The van der Waals surface area contributed by atoms with E-state index in [2.05, 4.69) is 5.32 Å². The lowest BCUT2D eigenvalue weighted by Gasteiger charge is -2.05. The van der Waals surface area contributed by atoms with E-state index < -0.39 is 21.5 Å². The van der Waals surface area contributed by atoms with Crippen molar-refractivity contribution in [3.63, 3.8) is 0 Å². The summed E-state index contributed by atoms with van der Waals surface area (Å²) in [6.45, 7) is 0. The Labute approximate surface area is 121 Å². The van der Waals surface area contributed by atoms with Crippen molar-refractivity contribution in [2.24, 2.45) is 0 Å². The number of carbonyl (C=O) groups excluding carboxylic acids is 2. The zero-order valence-electron chi connectivity index (χ0n) is 11.1. The number of anilines is 1. The molecule has 0 saturated heterocycles. The normalized spacial score (nSPS) is 14.0. The lowest BCUT2D eigenvalue weighted by atomic mass is 10.0. The Morgan fingerprint density at radius 3 is 2.14 bits per heavy atom. The monoisotopic (exact) mass is 301 g/mol. The smallest absolute Gasteiger partial charge is 0.296 e. The number of fused-ring (bicyclic) bond motifs is 1. The van der Waals surface area contributed by atoms with E-state index in [1.807, 2.05) is 0 Å². The molecule has 0 radical (unpaired) electrons. The van der Waals surface area contributed by atoms with Gasteiger partial charge in [0.1, 0.15) is 0 Å². The Hall–Kier alpha value is -2.47. The molecular weight excluding hydrogens is 290 g/mol. The van der Waals surface area contributed by atoms with Crippen molar-refractivity contribution in [3.05, 3.63) is 48.0 Å². The molecule has 1 aliphatic rings. The van der Waals surface area contributed by atoms with Crippen molar-refractivity contribution < 1.29 is 18.0 Å². The van der Waals surface area contributed by atoms with E-state index in [1.54, 1.807) is 30.3 Å². The van der Waals surface area contributed by atoms with Crippen molar-refractivity contribution >= 4 is 27.2 Å². The van der Waals surface area contributed by atoms with Crippen LogP contribution in [0.15, 0.2) is 47.4 Å². The molecule has 0 spiro atoms. The molecule has 0 fully saturated rings. The number of sulfone groups is 1. The maximum Gasteiger partial charge on any atom is 0.296 e. The van der Waals surface area contributed by atoms with Gasteiger partial charge in [-0.1, -0.05) is 18.2 Å². The average Bonchev–Trinajstić information content (AvgIpc) is 2.73. The highest BCUT2D eigenvalue weighted by atomic mass is 32.2. The van der Waals surface area contributed by atoms with Crippen LogP contribution in [0.5, 0.6) is 0 Å². The van der Waals surface area contributed by atoms with Crippen LogP contribution in [0.25, 0.3) is 11.1 Å². The SMILES string of the molecule is CS(=O)(=O)c1ccc(-c2ccc3c(c2)C(=O)C(=O)N3)cc1. The molecule has 0 unspecified atom stereocenters. The van der Waals surface area contributed by atoms with Gasteiger partial charge in [0, 0.05) is 6.26 Å². The second-order valence-electron chi connectivity index (χ2n) is 4.84. The number of hydrogen-bond acceptors (Lipinski definition) is 4. The molecule has 6 heteroatoms. The fourth-order valence-corrected chi connectivity index (χ4v) is 2.85. The molecular formula is C15H11NO4S. The van der Waals surface area contributed by atoms with Gasteiger partial charge in [-0.25, -0.2) is 8.42 Å². The van der Waals surface area contributed by atoms with Crippen molar-refractivity contribution in [2.75, 3.05) is 11.6 Å². The summed E-state index contributed by atoms with van der Waals surface area (Å²) in [6, 6.07) is 11.4. The number of Topliss-reactive ketones (excluding diaryl/α,β-unsaturated/α-hetero) is 1. The van der Waals surface area contributed by atoms with Crippen molar-refractivity contribution in [1.82, 2.24) is 0 Å². The predicted molar refractivity (Wildman–Crippen MR) is 77.9 cm³/mol. The molecule has 0 bridgehead atoms. The van der Waals surface area contributed by atoms with Gasteiger partial charge in [-0.2, -0.15) is 0 Å². The third-order valence-electron chi connectivity index (χ3n) is 3.33. The quantitative estimate of drug-likeness (QED) is 0.859. The summed E-state index contributed by atoms with van der Waals surface area (Å²) in [5.74, 6) is -1.19. The highest BCUT2D eigenvalue weighted by Crippen LogP contribution is 2.29. The van der Waals surface area contributed by atoms with Crippen LogP contribution in [-0.4, -0.2) is 26.4 Å². The number of amides is 1. The van der Waals surface area contributed by atoms with Gasteiger partial charge in [-0.05, 0) is 35.4 Å². The molecule has 1 heterocycles. The zero-order valence-corrected chi connectivity index (χ0v) is 11.9. The summed E-state index contributed by atoms with van der Waals surface area (Å²) in [4.78, 5) is 23.2. The van der Waals surface area contributed by atoms with E-state index in [0.29, 0.717) is 11.3 Å². The Morgan fingerprint density at radius 2 is 1.52 bits per heavy atom. The summed E-state index contributed by atoms with van der Waals surface area (Å²) < 4.78 is 22.8. The van der Waals surface area contributed by atoms with Gasteiger partial charge in [0.25, 0.3) is 11.7 Å². The number of hydrogen-bond donors (Lipinski definition) is 1. The van der Waals surface area contributed by atoms with E-state index in [9.17, 15) is 18.0 Å². The van der Waals surface area contributed by atoms with Crippen molar-refractivity contribution in [3.8, 4) is 11.1 Å². The molecule has 3 rings (SSSR count). The van der Waals surface area contributed by atoms with E-state index in [0.717, 1.165) is 17.4 Å². The first-order chi connectivity index (χ1) is 9.86. The third-order valence-corrected chi connectivity index (χ3v) is 4.46. The van der Waals surface area contributed by atoms with Crippen LogP contribution >= 0.6 is 0 Å². The number of rotatable bonds is 2. The van der Waals surface area contributed by atoms with Gasteiger partial charge in [-0.3, -0.25) is 9.59 Å². The highest BCUT2D eigenvalue weighted by Gasteiger charge is 2.27. The number of carbonyl (C=O) groups is 2. The van der Waals surface area contributed by atoms with Crippen LogP contribution in [-0.2, 0) is 14.6 Å². The molecule has 106 valence electrons. The molecule has 2 aromatic carbocycles. The average molecular weight is 301 g/mol. The van der Waals surface area contributed by atoms with Crippen molar-refractivity contribution in [1.29, 1.82) is 0 Å². The summed E-state index contributed by atoms with van der Waals surface area (Å²) in [5, 5.41) is 2.49. The largest absolute Gasteiger partial charge is 0.318 e. The van der Waals surface area contributed by atoms with E-state index >= 15 is 0 Å². The molecule has 1 N–H and O–H groups in total. The molecule has 2 aromatic rings. The summed E-state index contributed by atoms with van der Waals surface area (Å²) in [5.41, 5.74) is 2.36. The lowest BCUT2D eigenvalue weighted by molar-refractivity contribution is -0.112. The maximum atomic E-state index is 11.7. The van der Waals surface area contributed by atoms with Gasteiger partial charge in [0.05, 0.1) is 16.1 Å². The fourth-order valence-electron chi connectivity index (χ4n) is 2.22. The van der Waals surface area contributed by atoms with Gasteiger partial charge in [-0.15, -0.1) is 0 Å². The standard InChI is InChI=1S/C15H11NO4S/c1-21(19,20)11-5-2-9(3-6-11)10-4-7-13-12(8-10)14(17)15(18)16-13/h2-8H,1H3,(H,16,17,18). The van der Waals surface area contributed by atoms with Crippen LogP contribution in [0.3, 0.4) is 0 Å². The topological polar surface area (TPSA) is 80.3 Å². The molecule has 5 nitrogen and oxygen atoms in total.